The van der Waals surface area contributed by atoms with Gasteiger partial charge in [-0.3, -0.25) is 10.4 Å². The first-order valence-corrected chi connectivity index (χ1v) is 14.9. The summed E-state index contributed by atoms with van der Waals surface area (Å²) < 4.78 is 21.9. The molecule has 2 aromatic heterocycles. The van der Waals surface area contributed by atoms with Crippen molar-refractivity contribution in [3.05, 3.63) is 28.9 Å². The van der Waals surface area contributed by atoms with Crippen LogP contribution in [0.5, 0.6) is 0 Å². The highest BCUT2D eigenvalue weighted by Crippen LogP contribution is 2.40. The number of aromatic nitrogens is 3. The molecule has 13 heteroatoms. The van der Waals surface area contributed by atoms with Gasteiger partial charge in [0.25, 0.3) is 4.92 Å². The van der Waals surface area contributed by atoms with E-state index in [9.17, 15) is 9.30 Å². The number of pyridine rings is 1. The van der Waals surface area contributed by atoms with Crippen molar-refractivity contribution in [3.63, 3.8) is 0 Å². The van der Waals surface area contributed by atoms with Crippen molar-refractivity contribution in [2.45, 2.75) is 43.6 Å². The van der Waals surface area contributed by atoms with Crippen molar-refractivity contribution in [3.8, 4) is 11.4 Å². The minimum Gasteiger partial charge on any atom is -0.381 e. The van der Waals surface area contributed by atoms with Gasteiger partial charge >= 0.3 is 5.69 Å². The quantitative estimate of drug-likeness (QED) is 0.143. The van der Waals surface area contributed by atoms with Gasteiger partial charge in [0.05, 0.1) is 34.7 Å². The van der Waals surface area contributed by atoms with E-state index in [2.05, 4.69) is 37.4 Å². The maximum atomic E-state index is 14.4. The highest BCUT2D eigenvalue weighted by Gasteiger charge is 2.43. The Hall–Kier alpha value is -1.92. The zero-order valence-corrected chi connectivity index (χ0v) is 21.2. The molecule has 1 aliphatic heterocycles. The van der Waals surface area contributed by atoms with E-state index in [1.165, 1.54) is 7.11 Å². The largest absolute Gasteiger partial charge is 0.381 e. The van der Waals surface area contributed by atoms with E-state index in [-0.39, 0.29) is 18.3 Å². The molecule has 2 aliphatic carbocycles. The molecule has 33 heavy (non-hydrogen) atoms. The van der Waals surface area contributed by atoms with Crippen LogP contribution in [-0.4, -0.2) is 74.8 Å². The summed E-state index contributed by atoms with van der Waals surface area (Å²) in [5, 5.41) is 16.4. The van der Waals surface area contributed by atoms with E-state index in [1.54, 1.807) is 22.9 Å². The third kappa shape index (κ3) is 4.97. The van der Waals surface area contributed by atoms with Gasteiger partial charge in [0.15, 0.2) is 12.8 Å². The SMILES string of the molecule is CO[N+](=O)c1cn(PI)nc1-c1cc(NCC2(F)CC2)c(C(=N)N2CC(OC3CC3)C2)cn1. The number of rotatable bonds is 10. The molecule has 0 aromatic carbocycles. The molecule has 1 unspecified atom stereocenters. The molecule has 0 radical (unpaired) electrons. The molecule has 2 N–H and O–H groups in total. The molecule has 10 nitrogen and oxygen atoms in total. The second kappa shape index (κ2) is 9.03. The van der Waals surface area contributed by atoms with Crippen LogP contribution in [0.1, 0.15) is 31.2 Å². The fraction of sp³-hybridized carbons (Fsp3) is 0.550. The number of hydrogen-bond acceptors (Lipinski definition) is 7. The summed E-state index contributed by atoms with van der Waals surface area (Å²) in [6.07, 6.45) is 7.32. The summed E-state index contributed by atoms with van der Waals surface area (Å²) in [7, 11) is 1.29. The Labute approximate surface area is 205 Å². The Morgan fingerprint density at radius 2 is 2.18 bits per heavy atom. The number of hydrogen-bond donors (Lipinski definition) is 2. The number of nitrogens with zero attached hydrogens (tertiary/aromatic N) is 5. The van der Waals surface area contributed by atoms with E-state index < -0.39 is 5.67 Å². The van der Waals surface area contributed by atoms with Crippen LogP contribution in [0.25, 0.3) is 11.4 Å². The van der Waals surface area contributed by atoms with Gasteiger partial charge in [0.2, 0.25) is 0 Å². The van der Waals surface area contributed by atoms with Gasteiger partial charge in [-0.05, 0) is 53.8 Å². The van der Waals surface area contributed by atoms with Gasteiger partial charge < -0.3 is 15.0 Å². The number of nitrogens with one attached hydrogen (secondary N) is 2. The average Bonchev–Trinajstić information content (AvgIpc) is 3.72. The van der Waals surface area contributed by atoms with Crippen molar-refractivity contribution in [1.29, 1.82) is 5.41 Å². The Kier molecular flexibility index (Phi) is 6.25. The second-order valence-electron chi connectivity index (χ2n) is 8.66. The fourth-order valence-corrected chi connectivity index (χ4v) is 4.71. The highest BCUT2D eigenvalue weighted by atomic mass is 127. The summed E-state index contributed by atoms with van der Waals surface area (Å²) in [5.41, 5.74) is 0.996. The molecule has 176 valence electrons. The third-order valence-corrected chi connectivity index (χ3v) is 7.89. The Morgan fingerprint density at radius 3 is 2.82 bits per heavy atom. The molecule has 3 heterocycles. The van der Waals surface area contributed by atoms with Crippen LogP contribution in [-0.2, 0) is 9.57 Å². The Morgan fingerprint density at radius 1 is 1.42 bits per heavy atom. The summed E-state index contributed by atoms with van der Waals surface area (Å²) in [5.74, 6) is 0.317. The Balaban J connectivity index is 1.42. The molecule has 1 atom stereocenters. The first-order chi connectivity index (χ1) is 15.9. The third-order valence-electron chi connectivity index (χ3n) is 6.01. The lowest BCUT2D eigenvalue weighted by Gasteiger charge is -2.41. The van der Waals surface area contributed by atoms with Crippen LogP contribution >= 0.6 is 28.4 Å². The monoisotopic (exact) mass is 588 g/mol. The standard InChI is InChI=1S/C20H25FIN7O3P/c1-31-29(30)17-10-28(33-22)26-18(17)16-6-15(25-11-20(21)4-5-20)14(7-24-16)19(23)27-8-13(9-27)32-12-2-3-12/h6-7,10,12-13,23,33H,2-5,8-9,11H2,1H3,(H,24,25)/q+1. The van der Waals surface area contributed by atoms with Crippen LogP contribution in [0, 0.1) is 10.3 Å². The van der Waals surface area contributed by atoms with Gasteiger partial charge in [-0.15, -0.1) is 0 Å². The molecule has 1 saturated heterocycles. The average molecular weight is 588 g/mol. The number of ether oxygens (including phenoxy) is 1. The van der Waals surface area contributed by atoms with E-state index >= 15 is 0 Å². The lowest BCUT2D eigenvalue weighted by atomic mass is 10.1. The summed E-state index contributed by atoms with van der Waals surface area (Å²) >= 11 is 2.17. The number of alkyl halides is 1. The number of anilines is 1. The molecular formula is C20H25FIN7O3P+. The zero-order valence-electron chi connectivity index (χ0n) is 18.1. The lowest BCUT2D eigenvalue weighted by Crippen LogP contribution is -2.55. The minimum absolute atomic E-state index is 0.153. The number of halogens is 2. The number of amidine groups is 1. The first-order valence-electron chi connectivity index (χ1n) is 10.8. The lowest BCUT2D eigenvalue weighted by molar-refractivity contribution is -0.736. The van der Waals surface area contributed by atoms with Gasteiger partial charge in [0, 0.05) is 31.5 Å². The topological polar surface area (TPSA) is 108 Å². The molecule has 0 amide bonds. The smallest absolute Gasteiger partial charge is 0.364 e. The molecule has 3 fully saturated rings. The molecule has 2 saturated carbocycles. The number of likely N-dealkylation sites (tertiary alicyclic amines) is 1. The zero-order chi connectivity index (χ0) is 23.2. The van der Waals surface area contributed by atoms with E-state index in [0.29, 0.717) is 71.8 Å². The summed E-state index contributed by atoms with van der Waals surface area (Å²) in [6.45, 7) is 1.48. The maximum Gasteiger partial charge on any atom is 0.364 e. The molecule has 0 bridgehead atoms. The predicted octanol–water partition coefficient (Wildman–Crippen LogP) is 3.81. The predicted molar refractivity (Wildman–Crippen MR) is 131 cm³/mol. The fourth-order valence-electron chi connectivity index (χ4n) is 3.66. The normalized spacial score (nSPS) is 19.5. The first kappa shape index (κ1) is 22.9. The molecule has 3 aliphatic rings. The molecular weight excluding hydrogens is 563 g/mol. The molecule has 5 rings (SSSR count). The van der Waals surface area contributed by atoms with Gasteiger partial charge in [-0.25, -0.2) is 13.7 Å². The molecule has 0 spiro atoms. The van der Waals surface area contributed by atoms with Gasteiger partial charge in [-0.2, -0.15) is 5.10 Å². The van der Waals surface area contributed by atoms with Crippen molar-refractivity contribution in [2.24, 2.45) is 0 Å². The van der Waals surface area contributed by atoms with E-state index in [4.69, 9.17) is 15.0 Å². The van der Waals surface area contributed by atoms with Crippen molar-refractivity contribution < 1.29 is 18.9 Å². The highest BCUT2D eigenvalue weighted by molar-refractivity contribution is 14.2. The second-order valence-corrected chi connectivity index (χ2v) is 10.7. The van der Waals surface area contributed by atoms with Crippen molar-refractivity contribution in [2.75, 3.05) is 32.1 Å². The van der Waals surface area contributed by atoms with Crippen LogP contribution in [0.2, 0.25) is 0 Å². The summed E-state index contributed by atoms with van der Waals surface area (Å²) in [6, 6.07) is 1.73. The minimum atomic E-state index is -1.21. The van der Waals surface area contributed by atoms with E-state index in [1.807, 2.05) is 4.90 Å². The summed E-state index contributed by atoms with van der Waals surface area (Å²) in [4.78, 5) is 23.9. The van der Waals surface area contributed by atoms with Gasteiger partial charge in [0.1, 0.15) is 17.7 Å². The van der Waals surface area contributed by atoms with Crippen molar-refractivity contribution in [1.82, 2.24) is 19.4 Å². The van der Waals surface area contributed by atoms with Crippen molar-refractivity contribution >= 4 is 45.6 Å². The van der Waals surface area contributed by atoms with Crippen LogP contribution < -0.4 is 5.32 Å². The Bertz CT molecular complexity index is 1090. The van der Waals surface area contributed by atoms with Gasteiger partial charge in [-0.1, -0.05) is 0 Å². The van der Waals surface area contributed by atoms with Crippen LogP contribution in [0.3, 0.4) is 0 Å². The maximum absolute atomic E-state index is 14.4. The van der Waals surface area contributed by atoms with Crippen LogP contribution in [0.15, 0.2) is 18.5 Å². The molecule has 2 aromatic rings. The van der Waals surface area contributed by atoms with Crippen LogP contribution in [0.4, 0.5) is 15.8 Å². The van der Waals surface area contributed by atoms with E-state index in [0.717, 1.165) is 12.8 Å².